The van der Waals surface area contributed by atoms with Gasteiger partial charge in [0.05, 0.1) is 25.3 Å². The van der Waals surface area contributed by atoms with Gasteiger partial charge in [0.1, 0.15) is 5.75 Å². The van der Waals surface area contributed by atoms with Gasteiger partial charge in [-0.05, 0) is 49.2 Å². The van der Waals surface area contributed by atoms with Crippen molar-refractivity contribution in [3.63, 3.8) is 0 Å². The summed E-state index contributed by atoms with van der Waals surface area (Å²) < 4.78 is 5.10. The molecule has 10 nitrogen and oxygen atoms in total. The lowest BCUT2D eigenvalue weighted by Crippen LogP contribution is -2.45. The Labute approximate surface area is 200 Å². The van der Waals surface area contributed by atoms with Gasteiger partial charge in [0, 0.05) is 25.0 Å². The van der Waals surface area contributed by atoms with Crippen LogP contribution in [0.4, 0.5) is 5.69 Å². The molecular weight excluding hydrogens is 456 g/mol. The van der Waals surface area contributed by atoms with E-state index in [1.54, 1.807) is 42.5 Å². The molecule has 176 valence electrons. The number of hydrogen-bond acceptors (Lipinski definition) is 8. The Balaban J connectivity index is 1.33. The number of nitrogens with one attached hydrogen (secondary N) is 2. The van der Waals surface area contributed by atoms with Gasteiger partial charge in [-0.2, -0.15) is 0 Å². The summed E-state index contributed by atoms with van der Waals surface area (Å²) in [5.74, 6) is -0.533. The molecule has 0 unspecified atom stereocenters. The third-order valence-corrected chi connectivity index (χ3v) is 6.31. The molecule has 0 bridgehead atoms. The number of carbonyl (C=O) groups is 3. The fraction of sp³-hybridized carbons (Fsp3) is 0.304. The first-order valence-corrected chi connectivity index (χ1v) is 11.6. The first-order chi connectivity index (χ1) is 16.5. The molecule has 1 aliphatic heterocycles. The van der Waals surface area contributed by atoms with Crippen molar-refractivity contribution in [1.82, 2.24) is 25.4 Å². The normalized spacial score (nSPS) is 15.4. The number of carbonyl (C=O) groups excluding carboxylic acids is 3. The molecule has 2 N–H and O–H groups in total. The largest absolute Gasteiger partial charge is 0.497 e. The Bertz CT molecular complexity index is 1150. The molecular formula is C23H24N6O4S. The predicted molar refractivity (Wildman–Crippen MR) is 126 cm³/mol. The minimum absolute atomic E-state index is 0.0841. The summed E-state index contributed by atoms with van der Waals surface area (Å²) in [6.07, 6.45) is 3.08. The van der Waals surface area contributed by atoms with Crippen LogP contribution in [0.3, 0.4) is 0 Å². The van der Waals surface area contributed by atoms with Crippen LogP contribution in [-0.4, -0.2) is 58.0 Å². The third-order valence-electron chi connectivity index (χ3n) is 5.40. The highest BCUT2D eigenvalue weighted by Gasteiger charge is 2.30. The van der Waals surface area contributed by atoms with Gasteiger partial charge >= 0.3 is 0 Å². The van der Waals surface area contributed by atoms with Crippen molar-refractivity contribution in [2.24, 2.45) is 5.92 Å². The van der Waals surface area contributed by atoms with Crippen LogP contribution in [0.15, 0.2) is 48.7 Å². The van der Waals surface area contributed by atoms with Gasteiger partial charge in [-0.25, -0.2) is 0 Å². The highest BCUT2D eigenvalue weighted by molar-refractivity contribution is 7.15. The van der Waals surface area contributed by atoms with E-state index in [0.717, 1.165) is 17.0 Å². The van der Waals surface area contributed by atoms with Gasteiger partial charge in [0.25, 0.3) is 11.8 Å². The van der Waals surface area contributed by atoms with Gasteiger partial charge in [-0.3, -0.25) is 19.4 Å². The molecule has 1 fully saturated rings. The Hall–Kier alpha value is -3.86. The van der Waals surface area contributed by atoms with E-state index in [1.807, 2.05) is 18.2 Å². The van der Waals surface area contributed by atoms with Crippen molar-refractivity contribution < 1.29 is 19.1 Å². The fourth-order valence-electron chi connectivity index (χ4n) is 3.60. The second-order valence-corrected chi connectivity index (χ2v) is 8.70. The summed E-state index contributed by atoms with van der Waals surface area (Å²) in [7, 11) is 1.56. The Morgan fingerprint density at radius 1 is 1.12 bits per heavy atom. The van der Waals surface area contributed by atoms with E-state index < -0.39 is 5.91 Å². The van der Waals surface area contributed by atoms with Crippen molar-refractivity contribution >= 4 is 34.7 Å². The number of likely N-dealkylation sites (tertiary alicyclic amines) is 1. The second kappa shape index (κ2) is 10.8. The Morgan fingerprint density at radius 2 is 1.91 bits per heavy atom. The van der Waals surface area contributed by atoms with Crippen LogP contribution >= 0.6 is 11.3 Å². The summed E-state index contributed by atoms with van der Waals surface area (Å²) >= 11 is 0.928. The van der Waals surface area contributed by atoms with Crippen molar-refractivity contribution in [3.05, 3.63) is 64.4 Å². The van der Waals surface area contributed by atoms with Crippen molar-refractivity contribution in [2.45, 2.75) is 19.4 Å². The first kappa shape index (κ1) is 23.3. The van der Waals surface area contributed by atoms with E-state index in [1.165, 1.54) is 0 Å². The number of aromatic nitrogens is 3. The number of hydrogen-bond donors (Lipinski definition) is 2. The van der Waals surface area contributed by atoms with Gasteiger partial charge in [-0.1, -0.05) is 17.4 Å². The molecule has 3 aromatic rings. The molecule has 0 aliphatic carbocycles. The molecule has 0 saturated carbocycles. The van der Waals surface area contributed by atoms with Gasteiger partial charge in [0.2, 0.25) is 15.9 Å². The molecule has 3 amide bonds. The highest BCUT2D eigenvalue weighted by atomic mass is 32.1. The fourth-order valence-corrected chi connectivity index (χ4v) is 4.30. The summed E-state index contributed by atoms with van der Waals surface area (Å²) in [4.78, 5) is 43.9. The van der Waals surface area contributed by atoms with Crippen molar-refractivity contribution in [3.8, 4) is 5.75 Å². The zero-order valence-corrected chi connectivity index (χ0v) is 19.4. The smallest absolute Gasteiger partial charge is 0.286 e. The summed E-state index contributed by atoms with van der Waals surface area (Å²) in [5.41, 5.74) is 1.35. The van der Waals surface area contributed by atoms with Gasteiger partial charge < -0.3 is 20.3 Å². The minimum Gasteiger partial charge on any atom is -0.497 e. The molecule has 0 spiro atoms. The van der Waals surface area contributed by atoms with Crippen molar-refractivity contribution in [1.29, 1.82) is 0 Å². The standard InChI is InChI=1S/C23H24N6O4S/c1-33-18-9-7-16(8-10-18)26-20(31)21-27-28-22(34-21)23(32)29-12-4-5-15(14-29)19(30)25-13-17-6-2-3-11-24-17/h2-3,6-11,15H,4-5,12-14H2,1H3,(H,25,30)(H,26,31)/t15-/m0/s1. The highest BCUT2D eigenvalue weighted by Crippen LogP contribution is 2.21. The topological polar surface area (TPSA) is 126 Å². The number of methoxy groups -OCH3 is 1. The lowest BCUT2D eigenvalue weighted by molar-refractivity contribution is -0.126. The van der Waals surface area contributed by atoms with Gasteiger partial charge in [0.15, 0.2) is 0 Å². The number of anilines is 1. The Morgan fingerprint density at radius 3 is 2.65 bits per heavy atom. The van der Waals surface area contributed by atoms with Crippen LogP contribution in [0.25, 0.3) is 0 Å². The van der Waals surface area contributed by atoms with E-state index >= 15 is 0 Å². The number of pyridine rings is 1. The van der Waals surface area contributed by atoms with Crippen LogP contribution in [0.5, 0.6) is 5.75 Å². The van der Waals surface area contributed by atoms with Crippen LogP contribution in [0, 0.1) is 5.92 Å². The molecule has 34 heavy (non-hydrogen) atoms. The number of piperidine rings is 1. The molecule has 0 radical (unpaired) electrons. The predicted octanol–water partition coefficient (Wildman–Crippen LogP) is 2.36. The van der Waals surface area contributed by atoms with Gasteiger partial charge in [-0.15, -0.1) is 10.2 Å². The quantitative estimate of drug-likeness (QED) is 0.532. The van der Waals surface area contributed by atoms with E-state index in [9.17, 15) is 14.4 Å². The van der Waals surface area contributed by atoms with Crippen LogP contribution in [-0.2, 0) is 11.3 Å². The minimum atomic E-state index is -0.452. The maximum atomic E-state index is 13.0. The molecule has 2 aromatic heterocycles. The zero-order chi connectivity index (χ0) is 23.9. The third kappa shape index (κ3) is 5.73. The molecule has 1 aliphatic rings. The zero-order valence-electron chi connectivity index (χ0n) is 18.6. The average molecular weight is 481 g/mol. The van der Waals surface area contributed by atoms with E-state index in [-0.39, 0.29) is 27.7 Å². The summed E-state index contributed by atoms with van der Waals surface area (Å²) in [5, 5.41) is 13.6. The second-order valence-electron chi connectivity index (χ2n) is 7.72. The maximum absolute atomic E-state index is 13.0. The number of ether oxygens (including phenoxy) is 1. The number of benzene rings is 1. The van der Waals surface area contributed by atoms with Crippen molar-refractivity contribution in [2.75, 3.05) is 25.5 Å². The van der Waals surface area contributed by atoms with E-state index in [2.05, 4.69) is 25.8 Å². The van der Waals surface area contributed by atoms with Crippen LogP contribution in [0.1, 0.15) is 38.1 Å². The van der Waals surface area contributed by atoms with Crippen LogP contribution < -0.4 is 15.4 Å². The van der Waals surface area contributed by atoms with Crippen LogP contribution in [0.2, 0.25) is 0 Å². The average Bonchev–Trinajstić information content (AvgIpc) is 3.38. The lowest BCUT2D eigenvalue weighted by atomic mass is 9.97. The first-order valence-electron chi connectivity index (χ1n) is 10.8. The molecule has 1 aromatic carbocycles. The number of amides is 3. The molecule has 1 atom stereocenters. The number of rotatable bonds is 7. The molecule has 4 rings (SSSR count). The molecule has 3 heterocycles. The Kier molecular flexibility index (Phi) is 7.43. The maximum Gasteiger partial charge on any atom is 0.286 e. The monoisotopic (exact) mass is 480 g/mol. The summed E-state index contributed by atoms with van der Waals surface area (Å²) in [6, 6.07) is 12.4. The molecule has 1 saturated heterocycles. The number of nitrogens with zero attached hydrogens (tertiary/aromatic N) is 4. The summed E-state index contributed by atoms with van der Waals surface area (Å²) in [6.45, 7) is 1.16. The lowest BCUT2D eigenvalue weighted by Gasteiger charge is -2.31. The van der Waals surface area contributed by atoms with E-state index in [4.69, 9.17) is 4.74 Å². The SMILES string of the molecule is COc1ccc(NC(=O)c2nnc(C(=O)N3CCC[C@H](C(=O)NCc4ccccn4)C3)s2)cc1. The molecule has 11 heteroatoms. The van der Waals surface area contributed by atoms with E-state index in [0.29, 0.717) is 43.9 Å².